The molecule has 4 nitrogen and oxygen atoms in total. The molecule has 1 aromatic rings. The molecule has 110 valence electrons. The Kier molecular flexibility index (Phi) is 7.43. The van der Waals surface area contributed by atoms with E-state index in [0.717, 1.165) is 4.47 Å². The number of amides is 1. The number of thiocarbonyl (C=S) groups is 1. The highest BCUT2D eigenvalue weighted by molar-refractivity contribution is 9.10. The highest BCUT2D eigenvalue weighted by Crippen LogP contribution is 2.22. The number of halogens is 2. The van der Waals surface area contributed by atoms with Crippen LogP contribution in [0.15, 0.2) is 22.7 Å². The predicted molar refractivity (Wildman–Crippen MR) is 88.3 cm³/mol. The zero-order valence-corrected chi connectivity index (χ0v) is 14.2. The van der Waals surface area contributed by atoms with Gasteiger partial charge in [-0.15, -0.1) is 0 Å². The molecule has 0 aliphatic heterocycles. The normalized spacial score (nSPS) is 10.3. The van der Waals surface area contributed by atoms with Crippen molar-refractivity contribution in [3.05, 3.63) is 33.3 Å². The van der Waals surface area contributed by atoms with Crippen molar-refractivity contribution in [3.63, 3.8) is 0 Å². The van der Waals surface area contributed by atoms with Crippen molar-refractivity contribution >= 4 is 50.6 Å². The van der Waals surface area contributed by atoms with Gasteiger partial charge in [-0.2, -0.15) is 0 Å². The molecule has 0 aromatic heterocycles. The Morgan fingerprint density at radius 1 is 1.50 bits per heavy atom. The van der Waals surface area contributed by atoms with Crippen LogP contribution < -0.4 is 5.73 Å². The van der Waals surface area contributed by atoms with E-state index in [1.54, 1.807) is 30.2 Å². The molecule has 1 rings (SSSR count). The van der Waals surface area contributed by atoms with Crippen LogP contribution in [0.5, 0.6) is 0 Å². The zero-order valence-electron chi connectivity index (χ0n) is 11.1. The fraction of sp³-hybridized carbons (Fsp3) is 0.385. The van der Waals surface area contributed by atoms with Gasteiger partial charge in [0, 0.05) is 31.1 Å². The van der Waals surface area contributed by atoms with Crippen LogP contribution >= 0.6 is 39.7 Å². The van der Waals surface area contributed by atoms with Gasteiger partial charge in [-0.3, -0.25) is 4.79 Å². The summed E-state index contributed by atoms with van der Waals surface area (Å²) in [7, 11) is 1.59. The van der Waals surface area contributed by atoms with Crippen molar-refractivity contribution in [2.24, 2.45) is 5.73 Å². The van der Waals surface area contributed by atoms with Gasteiger partial charge >= 0.3 is 0 Å². The lowest BCUT2D eigenvalue weighted by Crippen LogP contribution is -2.36. The summed E-state index contributed by atoms with van der Waals surface area (Å²) >= 11 is 14.3. The van der Waals surface area contributed by atoms with Crippen LogP contribution in [0.25, 0.3) is 0 Å². The molecule has 0 bridgehead atoms. The third-order valence-corrected chi connectivity index (χ3v) is 3.67. The molecule has 0 saturated heterocycles. The van der Waals surface area contributed by atoms with Gasteiger partial charge in [0.25, 0.3) is 5.91 Å². The molecule has 1 aromatic carbocycles. The van der Waals surface area contributed by atoms with E-state index in [9.17, 15) is 4.79 Å². The molecule has 0 saturated carbocycles. The van der Waals surface area contributed by atoms with Crippen LogP contribution in [0.3, 0.4) is 0 Å². The van der Waals surface area contributed by atoms with E-state index < -0.39 is 0 Å². The van der Waals surface area contributed by atoms with Gasteiger partial charge in [0.2, 0.25) is 0 Å². The fourth-order valence-corrected chi connectivity index (χ4v) is 2.24. The minimum Gasteiger partial charge on any atom is -0.393 e. The standard InChI is InChI=1S/C13H16BrClN2O2S/c1-19-7-6-17(5-4-12(16)20)13(18)10-8-9(14)2-3-11(10)15/h2-3,8H,4-7H2,1H3,(H2,16,20). The molecule has 0 radical (unpaired) electrons. The van der Waals surface area contributed by atoms with Crippen molar-refractivity contribution in [1.82, 2.24) is 4.90 Å². The van der Waals surface area contributed by atoms with E-state index in [1.165, 1.54) is 0 Å². The second-order valence-corrected chi connectivity index (χ2v) is 5.97. The van der Waals surface area contributed by atoms with E-state index in [4.69, 9.17) is 34.3 Å². The van der Waals surface area contributed by atoms with Crippen molar-refractivity contribution in [3.8, 4) is 0 Å². The first-order valence-corrected chi connectivity index (χ1v) is 7.55. The van der Waals surface area contributed by atoms with Crippen LogP contribution in [0.4, 0.5) is 0 Å². The van der Waals surface area contributed by atoms with E-state index in [2.05, 4.69) is 15.9 Å². The van der Waals surface area contributed by atoms with Gasteiger partial charge in [-0.25, -0.2) is 0 Å². The van der Waals surface area contributed by atoms with Gasteiger partial charge in [0.1, 0.15) is 0 Å². The predicted octanol–water partition coefficient (Wildman–Crippen LogP) is 2.87. The molecule has 2 N–H and O–H groups in total. The molecular formula is C13H16BrClN2O2S. The van der Waals surface area contributed by atoms with Crippen molar-refractivity contribution < 1.29 is 9.53 Å². The number of methoxy groups -OCH3 is 1. The first kappa shape index (κ1) is 17.4. The summed E-state index contributed by atoms with van der Waals surface area (Å²) in [6.07, 6.45) is 0.469. The molecule has 20 heavy (non-hydrogen) atoms. The molecule has 0 unspecified atom stereocenters. The number of benzene rings is 1. The number of nitrogens with two attached hydrogens (primary N) is 1. The first-order valence-electron chi connectivity index (χ1n) is 5.97. The highest BCUT2D eigenvalue weighted by Gasteiger charge is 2.18. The highest BCUT2D eigenvalue weighted by atomic mass is 79.9. The number of hydrogen-bond acceptors (Lipinski definition) is 3. The molecule has 0 spiro atoms. The van der Waals surface area contributed by atoms with E-state index in [1.807, 2.05) is 0 Å². The second kappa shape index (κ2) is 8.56. The summed E-state index contributed by atoms with van der Waals surface area (Å²) in [5.41, 5.74) is 5.94. The average molecular weight is 380 g/mol. The van der Waals surface area contributed by atoms with Crippen molar-refractivity contribution in [2.75, 3.05) is 26.8 Å². The second-order valence-electron chi connectivity index (χ2n) is 4.13. The number of rotatable bonds is 7. The monoisotopic (exact) mass is 378 g/mol. The Morgan fingerprint density at radius 2 is 2.20 bits per heavy atom. The number of carbonyl (C=O) groups is 1. The van der Waals surface area contributed by atoms with Gasteiger partial charge in [-0.1, -0.05) is 39.7 Å². The lowest BCUT2D eigenvalue weighted by Gasteiger charge is -2.22. The van der Waals surface area contributed by atoms with Gasteiger partial charge in [-0.05, 0) is 18.2 Å². The summed E-state index contributed by atoms with van der Waals surface area (Å²) in [6.45, 7) is 1.34. The summed E-state index contributed by atoms with van der Waals surface area (Å²) in [5, 5.41) is 0.413. The Labute approximate surface area is 137 Å². The van der Waals surface area contributed by atoms with Crippen LogP contribution in [-0.4, -0.2) is 42.6 Å². The average Bonchev–Trinajstić information content (AvgIpc) is 2.40. The molecule has 1 amide bonds. The Hall–Kier alpha value is -0.690. The number of nitrogens with zero attached hydrogens (tertiary/aromatic N) is 1. The van der Waals surface area contributed by atoms with Crippen LogP contribution in [0, 0.1) is 0 Å². The Balaban J connectivity index is 2.90. The molecule has 0 aliphatic rings. The minimum absolute atomic E-state index is 0.162. The van der Waals surface area contributed by atoms with Crippen molar-refractivity contribution in [2.45, 2.75) is 6.42 Å². The molecule has 0 fully saturated rings. The summed E-state index contributed by atoms with van der Waals surface area (Å²) < 4.78 is 5.82. The topological polar surface area (TPSA) is 55.6 Å². The smallest absolute Gasteiger partial charge is 0.255 e. The number of carbonyl (C=O) groups excluding carboxylic acids is 1. The number of ether oxygens (including phenoxy) is 1. The van der Waals surface area contributed by atoms with Gasteiger partial charge in [0.05, 0.1) is 22.2 Å². The summed E-state index contributed by atoms with van der Waals surface area (Å²) in [6, 6.07) is 5.17. The fourth-order valence-electron chi connectivity index (χ4n) is 1.59. The SMILES string of the molecule is COCCN(CCC(N)=S)C(=O)c1cc(Br)ccc1Cl. The van der Waals surface area contributed by atoms with Crippen LogP contribution in [0.1, 0.15) is 16.8 Å². The first-order chi connectivity index (χ1) is 9.45. The molecular weight excluding hydrogens is 364 g/mol. The number of hydrogen-bond donors (Lipinski definition) is 1. The summed E-state index contributed by atoms with van der Waals surface area (Å²) in [4.78, 5) is 14.5. The van der Waals surface area contributed by atoms with E-state index in [-0.39, 0.29) is 5.91 Å². The maximum absolute atomic E-state index is 12.5. The molecule has 0 aliphatic carbocycles. The van der Waals surface area contributed by atoms with Gasteiger partial charge in [0.15, 0.2) is 0 Å². The lowest BCUT2D eigenvalue weighted by atomic mass is 10.2. The molecule has 0 atom stereocenters. The third-order valence-electron chi connectivity index (χ3n) is 2.64. The Bertz CT molecular complexity index is 499. The maximum atomic E-state index is 12.5. The minimum atomic E-state index is -0.162. The maximum Gasteiger partial charge on any atom is 0.255 e. The van der Waals surface area contributed by atoms with Crippen LogP contribution in [0.2, 0.25) is 5.02 Å². The van der Waals surface area contributed by atoms with Crippen LogP contribution in [-0.2, 0) is 4.74 Å². The lowest BCUT2D eigenvalue weighted by molar-refractivity contribution is 0.0701. The van der Waals surface area contributed by atoms with E-state index >= 15 is 0 Å². The summed E-state index contributed by atoms with van der Waals surface area (Å²) in [5.74, 6) is -0.162. The van der Waals surface area contributed by atoms with Gasteiger partial charge < -0.3 is 15.4 Å². The van der Waals surface area contributed by atoms with E-state index in [0.29, 0.717) is 41.7 Å². The molecule has 0 heterocycles. The largest absolute Gasteiger partial charge is 0.393 e. The quantitative estimate of drug-likeness (QED) is 0.740. The molecule has 7 heteroatoms. The van der Waals surface area contributed by atoms with Crippen molar-refractivity contribution in [1.29, 1.82) is 0 Å². The Morgan fingerprint density at radius 3 is 2.80 bits per heavy atom. The zero-order chi connectivity index (χ0) is 15.1. The third kappa shape index (κ3) is 5.36.